The van der Waals surface area contributed by atoms with Crippen LogP contribution in [0.15, 0.2) is 23.1 Å². The SMILES string of the molecule is COc1ccc(S(=O)(=O)NCC2(O)CCCC2)c(OC)c1. The van der Waals surface area contributed by atoms with Crippen LogP contribution in [-0.2, 0) is 10.0 Å². The maximum Gasteiger partial charge on any atom is 0.244 e. The first-order chi connectivity index (χ1) is 9.90. The first kappa shape index (κ1) is 16.1. The maximum absolute atomic E-state index is 12.4. The maximum atomic E-state index is 12.4. The monoisotopic (exact) mass is 315 g/mol. The lowest BCUT2D eigenvalue weighted by atomic mass is 10.0. The van der Waals surface area contributed by atoms with Crippen molar-refractivity contribution in [3.05, 3.63) is 18.2 Å². The van der Waals surface area contributed by atoms with E-state index < -0.39 is 15.6 Å². The van der Waals surface area contributed by atoms with Gasteiger partial charge in [0.1, 0.15) is 16.4 Å². The molecule has 1 aliphatic carbocycles. The number of aliphatic hydroxyl groups is 1. The van der Waals surface area contributed by atoms with Gasteiger partial charge in [0.15, 0.2) is 0 Å². The zero-order valence-corrected chi connectivity index (χ0v) is 13.1. The summed E-state index contributed by atoms with van der Waals surface area (Å²) >= 11 is 0. The molecule has 0 radical (unpaired) electrons. The number of hydrogen-bond acceptors (Lipinski definition) is 5. The molecule has 0 unspecified atom stereocenters. The van der Waals surface area contributed by atoms with Crippen molar-refractivity contribution < 1.29 is 23.0 Å². The molecule has 0 saturated heterocycles. The van der Waals surface area contributed by atoms with Crippen LogP contribution in [-0.4, -0.2) is 39.9 Å². The van der Waals surface area contributed by atoms with E-state index in [0.717, 1.165) is 12.8 Å². The summed E-state index contributed by atoms with van der Waals surface area (Å²) in [5, 5.41) is 10.2. The van der Waals surface area contributed by atoms with Gasteiger partial charge < -0.3 is 14.6 Å². The van der Waals surface area contributed by atoms with Crippen LogP contribution in [0.3, 0.4) is 0 Å². The van der Waals surface area contributed by atoms with E-state index in [9.17, 15) is 13.5 Å². The van der Waals surface area contributed by atoms with E-state index in [-0.39, 0.29) is 17.2 Å². The van der Waals surface area contributed by atoms with E-state index in [4.69, 9.17) is 9.47 Å². The van der Waals surface area contributed by atoms with Gasteiger partial charge >= 0.3 is 0 Å². The number of hydrogen-bond donors (Lipinski definition) is 2. The van der Waals surface area contributed by atoms with E-state index >= 15 is 0 Å². The molecule has 1 saturated carbocycles. The summed E-state index contributed by atoms with van der Waals surface area (Å²) in [6.45, 7) is 0.0184. The molecule has 1 aromatic carbocycles. The quantitative estimate of drug-likeness (QED) is 0.826. The molecule has 1 aliphatic rings. The van der Waals surface area contributed by atoms with Gasteiger partial charge in [0, 0.05) is 12.6 Å². The van der Waals surface area contributed by atoms with Crippen LogP contribution in [0.25, 0.3) is 0 Å². The van der Waals surface area contributed by atoms with Crippen molar-refractivity contribution in [2.45, 2.75) is 36.2 Å². The fraction of sp³-hybridized carbons (Fsp3) is 0.571. The van der Waals surface area contributed by atoms with Crippen molar-refractivity contribution in [3.63, 3.8) is 0 Å². The zero-order valence-electron chi connectivity index (χ0n) is 12.3. The molecule has 2 N–H and O–H groups in total. The third-order valence-electron chi connectivity index (χ3n) is 3.79. The molecule has 0 atom stereocenters. The van der Waals surface area contributed by atoms with Crippen molar-refractivity contribution in [2.24, 2.45) is 0 Å². The summed E-state index contributed by atoms with van der Waals surface area (Å²) in [7, 11) is -0.846. The minimum absolute atomic E-state index is 0.0184. The third kappa shape index (κ3) is 3.66. The van der Waals surface area contributed by atoms with Crippen molar-refractivity contribution >= 4 is 10.0 Å². The molecule has 7 heteroatoms. The van der Waals surface area contributed by atoms with Crippen molar-refractivity contribution in [1.82, 2.24) is 4.72 Å². The van der Waals surface area contributed by atoms with Crippen LogP contribution in [0, 0.1) is 0 Å². The highest BCUT2D eigenvalue weighted by atomic mass is 32.2. The molecule has 0 heterocycles. The van der Waals surface area contributed by atoms with Gasteiger partial charge in [-0.1, -0.05) is 12.8 Å². The van der Waals surface area contributed by atoms with Crippen LogP contribution in [0.4, 0.5) is 0 Å². The summed E-state index contributed by atoms with van der Waals surface area (Å²) in [6.07, 6.45) is 3.08. The van der Waals surface area contributed by atoms with Gasteiger partial charge in [-0.05, 0) is 25.0 Å². The topological polar surface area (TPSA) is 84.9 Å². The Balaban J connectivity index is 2.19. The predicted molar refractivity (Wildman–Crippen MR) is 78.2 cm³/mol. The lowest BCUT2D eigenvalue weighted by Crippen LogP contribution is -2.40. The Morgan fingerprint density at radius 2 is 1.90 bits per heavy atom. The zero-order chi connectivity index (χ0) is 15.5. The largest absolute Gasteiger partial charge is 0.497 e. The van der Waals surface area contributed by atoms with Gasteiger partial charge in [-0.3, -0.25) is 0 Å². The Hall–Kier alpha value is -1.31. The molecule has 2 rings (SSSR count). The van der Waals surface area contributed by atoms with Crippen molar-refractivity contribution in [3.8, 4) is 11.5 Å². The molecule has 0 amide bonds. The van der Waals surface area contributed by atoms with E-state index in [1.54, 1.807) is 6.07 Å². The second kappa shape index (κ2) is 6.21. The summed E-state index contributed by atoms with van der Waals surface area (Å²) in [4.78, 5) is 0.0346. The number of rotatable bonds is 6. The molecule has 118 valence electrons. The van der Waals surface area contributed by atoms with E-state index in [1.165, 1.54) is 26.4 Å². The van der Waals surface area contributed by atoms with E-state index in [2.05, 4.69) is 4.72 Å². The fourth-order valence-electron chi connectivity index (χ4n) is 2.51. The molecule has 1 aromatic rings. The van der Waals surface area contributed by atoms with Crippen LogP contribution < -0.4 is 14.2 Å². The highest BCUT2D eigenvalue weighted by Crippen LogP contribution is 2.31. The standard InChI is InChI=1S/C14H21NO5S/c1-19-11-5-6-13(12(9-11)20-2)21(17,18)15-10-14(16)7-3-4-8-14/h5-6,9,15-16H,3-4,7-8,10H2,1-2H3. The Morgan fingerprint density at radius 3 is 2.48 bits per heavy atom. The third-order valence-corrected chi connectivity index (χ3v) is 5.23. The van der Waals surface area contributed by atoms with Gasteiger partial charge in [0.2, 0.25) is 10.0 Å². The minimum Gasteiger partial charge on any atom is -0.497 e. The molecule has 6 nitrogen and oxygen atoms in total. The Kier molecular flexibility index (Phi) is 4.75. The number of benzene rings is 1. The summed E-state index contributed by atoms with van der Waals surface area (Å²) in [5.41, 5.74) is -0.938. The number of ether oxygens (including phenoxy) is 2. The molecule has 0 spiro atoms. The molecule has 1 fully saturated rings. The fourth-order valence-corrected chi connectivity index (χ4v) is 3.78. The summed E-state index contributed by atoms with van der Waals surface area (Å²) in [6, 6.07) is 4.50. The number of methoxy groups -OCH3 is 2. The van der Waals surface area contributed by atoms with Crippen molar-refractivity contribution in [2.75, 3.05) is 20.8 Å². The van der Waals surface area contributed by atoms with Gasteiger partial charge in [0.05, 0.1) is 19.8 Å². The second-order valence-electron chi connectivity index (χ2n) is 5.27. The minimum atomic E-state index is -3.74. The van der Waals surface area contributed by atoms with Gasteiger partial charge in [-0.2, -0.15) is 0 Å². The van der Waals surface area contributed by atoms with Gasteiger partial charge in [0.25, 0.3) is 0 Å². The first-order valence-corrected chi connectivity index (χ1v) is 8.33. The molecular formula is C14H21NO5S. The molecule has 21 heavy (non-hydrogen) atoms. The van der Waals surface area contributed by atoms with Crippen LogP contribution in [0.5, 0.6) is 11.5 Å². The lowest BCUT2D eigenvalue weighted by Gasteiger charge is -2.22. The predicted octanol–water partition coefficient (Wildman–Crippen LogP) is 1.29. The summed E-state index contributed by atoms with van der Waals surface area (Å²) < 4.78 is 37.4. The van der Waals surface area contributed by atoms with Crippen LogP contribution in [0.2, 0.25) is 0 Å². The molecular weight excluding hydrogens is 294 g/mol. The molecule has 0 aliphatic heterocycles. The average Bonchev–Trinajstić information content (AvgIpc) is 2.92. The number of sulfonamides is 1. The highest BCUT2D eigenvalue weighted by Gasteiger charge is 2.33. The lowest BCUT2D eigenvalue weighted by molar-refractivity contribution is 0.0531. The van der Waals surface area contributed by atoms with Gasteiger partial charge in [-0.25, -0.2) is 13.1 Å². The Morgan fingerprint density at radius 1 is 1.24 bits per heavy atom. The normalized spacial score (nSPS) is 17.7. The Bertz CT molecular complexity index is 593. The Labute approximate surface area is 125 Å². The smallest absolute Gasteiger partial charge is 0.244 e. The molecule has 0 aromatic heterocycles. The summed E-state index contributed by atoms with van der Waals surface area (Å²) in [5.74, 6) is 0.723. The first-order valence-electron chi connectivity index (χ1n) is 6.84. The van der Waals surface area contributed by atoms with E-state index in [0.29, 0.717) is 18.6 Å². The van der Waals surface area contributed by atoms with Crippen LogP contribution in [0.1, 0.15) is 25.7 Å². The average molecular weight is 315 g/mol. The second-order valence-corrected chi connectivity index (χ2v) is 7.01. The van der Waals surface area contributed by atoms with Crippen LogP contribution >= 0.6 is 0 Å². The van der Waals surface area contributed by atoms with Gasteiger partial charge in [-0.15, -0.1) is 0 Å². The number of nitrogens with one attached hydrogen (secondary N) is 1. The van der Waals surface area contributed by atoms with E-state index in [1.807, 2.05) is 0 Å². The molecule has 0 bridgehead atoms. The van der Waals surface area contributed by atoms with Crippen molar-refractivity contribution in [1.29, 1.82) is 0 Å². The highest BCUT2D eigenvalue weighted by molar-refractivity contribution is 7.89.